The minimum Gasteiger partial charge on any atom is -0.478 e. The Bertz CT molecular complexity index is 915. The van der Waals surface area contributed by atoms with Crippen molar-refractivity contribution in [1.82, 2.24) is 10.5 Å². The number of hydrogen-bond acceptors (Lipinski definition) is 4. The van der Waals surface area contributed by atoms with Gasteiger partial charge in [0.1, 0.15) is 11.4 Å². The quantitative estimate of drug-likeness (QED) is 0.664. The maximum atomic E-state index is 12.5. The molecule has 0 aliphatic carbocycles. The lowest BCUT2D eigenvalue weighted by atomic mass is 10.1. The molecule has 140 valence electrons. The summed E-state index contributed by atoms with van der Waals surface area (Å²) in [6, 6.07) is 16.7. The number of ether oxygens (including phenoxy) is 1. The molecule has 0 saturated heterocycles. The molecule has 2 aromatic carbocycles. The molecule has 0 radical (unpaired) electrons. The van der Waals surface area contributed by atoms with Crippen molar-refractivity contribution >= 4 is 17.5 Å². The van der Waals surface area contributed by atoms with Crippen LogP contribution in [0.15, 0.2) is 59.1 Å². The number of rotatable bonds is 6. The first-order valence-electron chi connectivity index (χ1n) is 8.59. The minimum absolute atomic E-state index is 0.252. The van der Waals surface area contributed by atoms with Gasteiger partial charge in [0.2, 0.25) is 0 Å². The van der Waals surface area contributed by atoms with Gasteiger partial charge in [0.05, 0.1) is 6.54 Å². The smallest absolute Gasteiger partial charge is 0.263 e. The Morgan fingerprint density at radius 2 is 1.81 bits per heavy atom. The van der Waals surface area contributed by atoms with Gasteiger partial charge in [0.25, 0.3) is 5.91 Å². The summed E-state index contributed by atoms with van der Waals surface area (Å²) in [5, 5.41) is 7.46. The predicted octanol–water partition coefficient (Wildman–Crippen LogP) is 4.78. The molecule has 1 amide bonds. The molecule has 1 aromatic heterocycles. The van der Waals surface area contributed by atoms with Gasteiger partial charge in [-0.15, -0.1) is 0 Å². The van der Waals surface area contributed by atoms with Crippen molar-refractivity contribution in [3.63, 3.8) is 0 Å². The number of carbonyl (C=O) groups excluding carboxylic acids is 1. The molecule has 0 aliphatic rings. The van der Waals surface area contributed by atoms with Crippen molar-refractivity contribution in [3.05, 3.63) is 70.9 Å². The van der Waals surface area contributed by atoms with E-state index in [1.165, 1.54) is 5.56 Å². The molecule has 0 fully saturated rings. The fraction of sp³-hybridized carbons (Fsp3) is 0.238. The van der Waals surface area contributed by atoms with E-state index in [4.69, 9.17) is 20.9 Å². The first kappa shape index (κ1) is 19.0. The molecule has 27 heavy (non-hydrogen) atoms. The molecule has 1 heterocycles. The first-order chi connectivity index (χ1) is 12.8. The number of halogens is 1. The lowest BCUT2D eigenvalue weighted by Gasteiger charge is -2.25. The van der Waals surface area contributed by atoms with Crippen molar-refractivity contribution in [2.75, 3.05) is 0 Å². The maximum Gasteiger partial charge on any atom is 0.263 e. The SMILES string of the molecule is Cc1ccc(-c2cc(CNC(=O)C(C)(C)Oc3ccc(Cl)cc3)no2)cc1. The summed E-state index contributed by atoms with van der Waals surface area (Å²) in [7, 11) is 0. The van der Waals surface area contributed by atoms with Crippen LogP contribution in [0.4, 0.5) is 0 Å². The Hall–Kier alpha value is -2.79. The lowest BCUT2D eigenvalue weighted by Crippen LogP contribution is -2.46. The van der Waals surface area contributed by atoms with Crippen LogP contribution in [0.25, 0.3) is 11.3 Å². The Morgan fingerprint density at radius 1 is 1.15 bits per heavy atom. The zero-order chi connectivity index (χ0) is 19.4. The molecule has 0 spiro atoms. The Balaban J connectivity index is 1.59. The molecule has 0 aliphatic heterocycles. The average molecular weight is 385 g/mol. The normalized spacial score (nSPS) is 11.3. The van der Waals surface area contributed by atoms with Gasteiger partial charge in [-0.25, -0.2) is 0 Å². The van der Waals surface area contributed by atoms with Gasteiger partial charge < -0.3 is 14.6 Å². The second-order valence-electron chi connectivity index (χ2n) is 6.80. The molecule has 3 aromatic rings. The Labute approximate surface area is 163 Å². The highest BCUT2D eigenvalue weighted by atomic mass is 35.5. The van der Waals surface area contributed by atoms with Crippen LogP contribution >= 0.6 is 11.6 Å². The van der Waals surface area contributed by atoms with E-state index < -0.39 is 5.60 Å². The number of carbonyl (C=O) groups is 1. The Morgan fingerprint density at radius 3 is 2.48 bits per heavy atom. The molecule has 5 nitrogen and oxygen atoms in total. The third-order valence-corrected chi connectivity index (χ3v) is 4.31. The maximum absolute atomic E-state index is 12.5. The van der Waals surface area contributed by atoms with E-state index in [-0.39, 0.29) is 12.5 Å². The standard InChI is InChI=1S/C21H21ClN2O3/c1-14-4-6-15(7-5-14)19-12-17(24-27-19)13-23-20(25)21(2,3)26-18-10-8-16(22)9-11-18/h4-12H,13H2,1-3H3,(H,23,25). The summed E-state index contributed by atoms with van der Waals surface area (Å²) in [5.41, 5.74) is 1.71. The largest absolute Gasteiger partial charge is 0.478 e. The lowest BCUT2D eigenvalue weighted by molar-refractivity contribution is -0.134. The summed E-state index contributed by atoms with van der Waals surface area (Å²) < 4.78 is 11.1. The van der Waals surface area contributed by atoms with Crippen LogP contribution in [0.5, 0.6) is 5.75 Å². The number of aromatic nitrogens is 1. The minimum atomic E-state index is -1.04. The number of aryl methyl sites for hydroxylation is 1. The molecular formula is C21H21ClN2O3. The summed E-state index contributed by atoms with van der Waals surface area (Å²) in [4.78, 5) is 12.5. The zero-order valence-electron chi connectivity index (χ0n) is 15.5. The van der Waals surface area contributed by atoms with Crippen LogP contribution in [-0.4, -0.2) is 16.7 Å². The summed E-state index contributed by atoms with van der Waals surface area (Å²) in [6.07, 6.45) is 0. The van der Waals surface area contributed by atoms with Gasteiger partial charge >= 0.3 is 0 Å². The van der Waals surface area contributed by atoms with Gasteiger partial charge in [-0.1, -0.05) is 46.6 Å². The molecule has 0 unspecified atom stereocenters. The monoisotopic (exact) mass is 384 g/mol. The van der Waals surface area contributed by atoms with E-state index in [9.17, 15) is 4.79 Å². The van der Waals surface area contributed by atoms with E-state index in [2.05, 4.69) is 10.5 Å². The van der Waals surface area contributed by atoms with Crippen LogP contribution in [0.2, 0.25) is 5.02 Å². The zero-order valence-corrected chi connectivity index (χ0v) is 16.2. The number of nitrogens with zero attached hydrogens (tertiary/aromatic N) is 1. The van der Waals surface area contributed by atoms with Gasteiger partial charge in [-0.05, 0) is 45.0 Å². The molecule has 6 heteroatoms. The number of amides is 1. The third-order valence-electron chi connectivity index (χ3n) is 4.06. The summed E-state index contributed by atoms with van der Waals surface area (Å²) in [5.74, 6) is 0.982. The van der Waals surface area contributed by atoms with Crippen LogP contribution in [0.1, 0.15) is 25.1 Å². The van der Waals surface area contributed by atoms with E-state index in [1.54, 1.807) is 38.1 Å². The van der Waals surface area contributed by atoms with Crippen LogP contribution in [0.3, 0.4) is 0 Å². The van der Waals surface area contributed by atoms with E-state index in [0.717, 1.165) is 5.56 Å². The van der Waals surface area contributed by atoms with Crippen LogP contribution < -0.4 is 10.1 Å². The average Bonchev–Trinajstić information content (AvgIpc) is 3.11. The summed E-state index contributed by atoms with van der Waals surface area (Å²) in [6.45, 7) is 5.69. The molecule has 1 N–H and O–H groups in total. The molecule has 3 rings (SSSR count). The topological polar surface area (TPSA) is 64.4 Å². The number of hydrogen-bond donors (Lipinski definition) is 1. The molecule has 0 saturated carbocycles. The van der Waals surface area contributed by atoms with Gasteiger partial charge in [0.15, 0.2) is 11.4 Å². The molecular weight excluding hydrogens is 364 g/mol. The fourth-order valence-corrected chi connectivity index (χ4v) is 2.60. The van der Waals surface area contributed by atoms with Crippen molar-refractivity contribution in [2.24, 2.45) is 0 Å². The summed E-state index contributed by atoms with van der Waals surface area (Å²) >= 11 is 5.87. The highest BCUT2D eigenvalue weighted by Crippen LogP contribution is 2.22. The van der Waals surface area contributed by atoms with E-state index in [0.29, 0.717) is 22.2 Å². The first-order valence-corrected chi connectivity index (χ1v) is 8.97. The predicted molar refractivity (Wildman–Crippen MR) is 105 cm³/mol. The van der Waals surface area contributed by atoms with Crippen molar-refractivity contribution in [2.45, 2.75) is 32.9 Å². The number of nitrogens with one attached hydrogen (secondary N) is 1. The fourth-order valence-electron chi connectivity index (χ4n) is 2.48. The number of benzene rings is 2. The van der Waals surface area contributed by atoms with E-state index in [1.807, 2.05) is 37.3 Å². The van der Waals surface area contributed by atoms with Crippen molar-refractivity contribution in [1.29, 1.82) is 0 Å². The van der Waals surface area contributed by atoms with Gasteiger partial charge in [-0.2, -0.15) is 0 Å². The van der Waals surface area contributed by atoms with Gasteiger partial charge in [0, 0.05) is 16.7 Å². The molecule has 0 atom stereocenters. The second-order valence-corrected chi connectivity index (χ2v) is 7.23. The van der Waals surface area contributed by atoms with Crippen molar-refractivity contribution < 1.29 is 14.1 Å². The van der Waals surface area contributed by atoms with Crippen LogP contribution in [-0.2, 0) is 11.3 Å². The van der Waals surface area contributed by atoms with Crippen LogP contribution in [0, 0.1) is 6.92 Å². The third kappa shape index (κ3) is 4.89. The highest BCUT2D eigenvalue weighted by Gasteiger charge is 2.30. The van der Waals surface area contributed by atoms with Crippen molar-refractivity contribution in [3.8, 4) is 17.1 Å². The van der Waals surface area contributed by atoms with Gasteiger partial charge in [-0.3, -0.25) is 4.79 Å². The second kappa shape index (κ2) is 7.84. The van der Waals surface area contributed by atoms with E-state index >= 15 is 0 Å². The Kier molecular flexibility index (Phi) is 5.51. The highest BCUT2D eigenvalue weighted by molar-refractivity contribution is 6.30. The molecule has 0 bridgehead atoms.